The number of aliphatic hydroxyl groups is 1. The second-order valence-corrected chi connectivity index (χ2v) is 10.4. The highest BCUT2D eigenvalue weighted by molar-refractivity contribution is 9.10. The minimum Gasteiger partial charge on any atom is -0.465 e. The molecule has 10 nitrogen and oxygen atoms in total. The number of halogens is 1. The van der Waals surface area contributed by atoms with Crippen molar-refractivity contribution in [2.24, 2.45) is 5.92 Å². The number of benzene rings is 1. The predicted octanol–water partition coefficient (Wildman–Crippen LogP) is 3.39. The molecular weight excluding hydrogens is 538 g/mol. The molecule has 0 amide bonds. The Morgan fingerprint density at radius 1 is 1.08 bits per heavy atom. The summed E-state index contributed by atoms with van der Waals surface area (Å²) in [5.74, 6) is 0.705. The van der Waals surface area contributed by atoms with Crippen LogP contribution in [0, 0.1) is 5.92 Å². The molecule has 5 heterocycles. The van der Waals surface area contributed by atoms with Crippen LogP contribution in [-0.4, -0.2) is 61.5 Å². The molecule has 0 radical (unpaired) electrons. The van der Waals surface area contributed by atoms with Gasteiger partial charge in [-0.1, -0.05) is 28.1 Å². The van der Waals surface area contributed by atoms with Crippen molar-refractivity contribution in [1.29, 1.82) is 0 Å². The van der Waals surface area contributed by atoms with Crippen molar-refractivity contribution < 1.29 is 14.6 Å². The van der Waals surface area contributed by atoms with E-state index in [0.717, 1.165) is 21.4 Å². The number of anilines is 2. The third kappa shape index (κ3) is 4.49. The van der Waals surface area contributed by atoms with Crippen molar-refractivity contribution in [2.75, 3.05) is 30.3 Å². The molecule has 3 aromatic heterocycles. The first kappa shape index (κ1) is 23.7. The first-order chi connectivity index (χ1) is 17.9. The van der Waals surface area contributed by atoms with Gasteiger partial charge in [-0.2, -0.15) is 0 Å². The number of hydrogen-bond donors (Lipinski definition) is 2. The summed E-state index contributed by atoms with van der Waals surface area (Å²) in [6, 6.07) is 13.6. The Kier molecular flexibility index (Phi) is 5.96. The molecule has 0 spiro atoms. The van der Waals surface area contributed by atoms with E-state index in [9.17, 15) is 9.90 Å². The number of carbonyl (C=O) groups excluding carboxylic acids is 1. The van der Waals surface area contributed by atoms with Gasteiger partial charge in [-0.25, -0.2) is 15.0 Å². The van der Waals surface area contributed by atoms with E-state index in [4.69, 9.17) is 15.5 Å². The van der Waals surface area contributed by atoms with Crippen LogP contribution in [0.3, 0.4) is 0 Å². The van der Waals surface area contributed by atoms with Gasteiger partial charge >= 0.3 is 5.97 Å². The summed E-state index contributed by atoms with van der Waals surface area (Å²) < 4.78 is 6.01. The van der Waals surface area contributed by atoms with Crippen molar-refractivity contribution in [1.82, 2.24) is 25.1 Å². The normalized spacial score (nSPS) is 19.2. The summed E-state index contributed by atoms with van der Waals surface area (Å²) in [6.07, 6.45) is 2.77. The van der Waals surface area contributed by atoms with Gasteiger partial charge in [0.2, 0.25) is 0 Å². The van der Waals surface area contributed by atoms with E-state index in [2.05, 4.69) is 41.0 Å². The Bertz CT molecular complexity index is 1490. The summed E-state index contributed by atoms with van der Waals surface area (Å²) in [7, 11) is 0. The van der Waals surface area contributed by atoms with Crippen LogP contribution in [0.25, 0.3) is 33.5 Å². The van der Waals surface area contributed by atoms with Crippen LogP contribution in [-0.2, 0) is 9.53 Å². The average Bonchev–Trinajstić information content (AvgIpc) is 3.36. The van der Waals surface area contributed by atoms with Crippen LogP contribution in [0.15, 0.2) is 53.3 Å². The number of rotatable bonds is 4. The van der Waals surface area contributed by atoms with Gasteiger partial charge < -0.3 is 20.5 Å². The van der Waals surface area contributed by atoms with E-state index >= 15 is 0 Å². The number of esters is 1. The first-order valence-electron chi connectivity index (χ1n) is 12.0. The third-order valence-electron chi connectivity index (χ3n) is 7.25. The molecule has 4 aromatic rings. The highest BCUT2D eigenvalue weighted by atomic mass is 79.9. The van der Waals surface area contributed by atoms with E-state index in [1.807, 2.05) is 42.5 Å². The van der Waals surface area contributed by atoms with Crippen LogP contribution in [0.5, 0.6) is 0 Å². The smallest absolute Gasteiger partial charge is 0.306 e. The number of aromatic nitrogens is 5. The standard InChI is InChI=1S/C26H24BrN7O3/c27-17-3-1-2-15(10-17)18-12-20(31-25-23(18)24(28)29-14-30-25)19-4-5-21(33-32-19)34-8-6-26(36,7-9-34)16-11-22(35)37-13-16/h1-5,10,12,14,16,36H,6-9,11,13H2,(H2,28,29,30,31). The summed E-state index contributed by atoms with van der Waals surface area (Å²) >= 11 is 3.54. The van der Waals surface area contributed by atoms with Crippen LogP contribution < -0.4 is 10.6 Å². The quantitative estimate of drug-likeness (QED) is 0.356. The maximum Gasteiger partial charge on any atom is 0.306 e. The lowest BCUT2D eigenvalue weighted by Crippen LogP contribution is -2.49. The Balaban J connectivity index is 1.27. The Hall–Kier alpha value is -3.70. The Morgan fingerprint density at radius 3 is 2.62 bits per heavy atom. The summed E-state index contributed by atoms with van der Waals surface area (Å²) in [5, 5.41) is 20.7. The average molecular weight is 562 g/mol. The first-order valence-corrected chi connectivity index (χ1v) is 12.8. The molecule has 2 fully saturated rings. The lowest BCUT2D eigenvalue weighted by Gasteiger charge is -2.41. The number of cyclic esters (lactones) is 1. The van der Waals surface area contributed by atoms with Crippen molar-refractivity contribution in [3.05, 3.63) is 53.3 Å². The molecule has 1 atom stereocenters. The zero-order chi connectivity index (χ0) is 25.6. The number of nitrogens with two attached hydrogens (primary N) is 1. The predicted molar refractivity (Wildman–Crippen MR) is 141 cm³/mol. The molecule has 1 unspecified atom stereocenters. The van der Waals surface area contributed by atoms with Crippen molar-refractivity contribution in [2.45, 2.75) is 24.9 Å². The topological polar surface area (TPSA) is 140 Å². The molecule has 3 N–H and O–H groups in total. The fourth-order valence-electron chi connectivity index (χ4n) is 5.12. The molecule has 2 aliphatic rings. The van der Waals surface area contributed by atoms with Crippen LogP contribution >= 0.6 is 15.9 Å². The van der Waals surface area contributed by atoms with Crippen LogP contribution in [0.2, 0.25) is 0 Å². The number of carbonyl (C=O) groups is 1. The molecular formula is C26H24BrN7O3. The molecule has 0 aliphatic carbocycles. The molecule has 2 aliphatic heterocycles. The lowest BCUT2D eigenvalue weighted by molar-refractivity contribution is -0.137. The zero-order valence-corrected chi connectivity index (χ0v) is 21.4. The number of nitrogens with zero attached hydrogens (tertiary/aromatic N) is 6. The monoisotopic (exact) mass is 561 g/mol. The minimum absolute atomic E-state index is 0.146. The fourth-order valence-corrected chi connectivity index (χ4v) is 5.52. The molecule has 188 valence electrons. The van der Waals surface area contributed by atoms with E-state index in [1.54, 1.807) is 0 Å². The number of piperidine rings is 1. The van der Waals surface area contributed by atoms with Gasteiger partial charge in [0.25, 0.3) is 0 Å². The molecule has 11 heteroatoms. The molecule has 6 rings (SSSR count). The van der Waals surface area contributed by atoms with Gasteiger partial charge in [0.1, 0.15) is 17.8 Å². The number of pyridine rings is 1. The van der Waals surface area contributed by atoms with Gasteiger partial charge in [-0.15, -0.1) is 10.2 Å². The lowest BCUT2D eigenvalue weighted by atomic mass is 9.79. The summed E-state index contributed by atoms with van der Waals surface area (Å²) in [4.78, 5) is 26.8. The van der Waals surface area contributed by atoms with Gasteiger partial charge in [0, 0.05) is 23.5 Å². The fraction of sp³-hybridized carbons (Fsp3) is 0.308. The van der Waals surface area contributed by atoms with Gasteiger partial charge in [-0.3, -0.25) is 4.79 Å². The Morgan fingerprint density at radius 2 is 1.92 bits per heavy atom. The van der Waals surface area contributed by atoms with E-state index in [0.29, 0.717) is 60.8 Å². The molecule has 0 saturated carbocycles. The number of fused-ring (bicyclic) bond motifs is 1. The van der Waals surface area contributed by atoms with Crippen LogP contribution in [0.4, 0.5) is 11.6 Å². The highest BCUT2D eigenvalue weighted by Crippen LogP contribution is 2.37. The second kappa shape index (κ2) is 9.31. The van der Waals surface area contributed by atoms with Crippen molar-refractivity contribution in [3.63, 3.8) is 0 Å². The summed E-state index contributed by atoms with van der Waals surface area (Å²) in [6.45, 7) is 1.53. The zero-order valence-electron chi connectivity index (χ0n) is 19.8. The molecule has 2 saturated heterocycles. The number of nitrogen functional groups attached to an aromatic ring is 1. The van der Waals surface area contributed by atoms with Crippen molar-refractivity contribution >= 4 is 44.6 Å². The Labute approximate surface area is 221 Å². The highest BCUT2D eigenvalue weighted by Gasteiger charge is 2.44. The van der Waals surface area contributed by atoms with E-state index in [-0.39, 0.29) is 18.3 Å². The largest absolute Gasteiger partial charge is 0.465 e. The van der Waals surface area contributed by atoms with Crippen molar-refractivity contribution in [3.8, 4) is 22.5 Å². The maximum absolute atomic E-state index is 11.5. The molecule has 1 aromatic carbocycles. The maximum atomic E-state index is 11.5. The second-order valence-electron chi connectivity index (χ2n) is 9.47. The SMILES string of the molecule is Nc1ncnc2nc(-c3ccc(N4CCC(O)(C5COC(=O)C5)CC4)nn3)cc(-c3cccc(Br)c3)c12. The third-order valence-corrected chi connectivity index (χ3v) is 7.75. The minimum atomic E-state index is -0.891. The number of ether oxygens (including phenoxy) is 1. The van der Waals surface area contributed by atoms with Gasteiger partial charge in [0.05, 0.1) is 29.7 Å². The number of hydrogen-bond acceptors (Lipinski definition) is 10. The van der Waals surface area contributed by atoms with Crippen LogP contribution in [0.1, 0.15) is 19.3 Å². The van der Waals surface area contributed by atoms with E-state index in [1.165, 1.54) is 6.33 Å². The van der Waals surface area contributed by atoms with Gasteiger partial charge in [-0.05, 0) is 54.3 Å². The molecule has 0 bridgehead atoms. The summed E-state index contributed by atoms with van der Waals surface area (Å²) in [5.41, 5.74) is 8.84. The molecule has 37 heavy (non-hydrogen) atoms. The van der Waals surface area contributed by atoms with Gasteiger partial charge in [0.15, 0.2) is 11.5 Å². The van der Waals surface area contributed by atoms with E-state index < -0.39 is 5.60 Å².